The lowest BCUT2D eigenvalue weighted by Crippen LogP contribution is -2.44. The molecule has 1 unspecified atom stereocenters. The molecule has 21 heavy (non-hydrogen) atoms. The summed E-state index contributed by atoms with van der Waals surface area (Å²) >= 11 is 0. The molecule has 1 aliphatic carbocycles. The quantitative estimate of drug-likeness (QED) is 0.830. The molecule has 3 heteroatoms. The summed E-state index contributed by atoms with van der Waals surface area (Å²) in [5.74, 6) is -0.551. The Morgan fingerprint density at radius 2 is 1.95 bits per heavy atom. The molecule has 0 spiro atoms. The van der Waals surface area contributed by atoms with Gasteiger partial charge in [0.1, 0.15) is 5.92 Å². The van der Waals surface area contributed by atoms with E-state index in [0.717, 1.165) is 18.4 Å². The lowest BCUT2D eigenvalue weighted by Gasteiger charge is -2.34. The van der Waals surface area contributed by atoms with Gasteiger partial charge in [0, 0.05) is 12.6 Å². The third kappa shape index (κ3) is 4.07. The SMILES string of the molecule is CCN(C(=O)C(C#N)Cc1ccccc1)C1CCCCC1. The van der Waals surface area contributed by atoms with Crippen LogP contribution in [-0.2, 0) is 11.2 Å². The lowest BCUT2D eigenvalue weighted by atomic mass is 9.92. The molecule has 1 fully saturated rings. The van der Waals surface area contributed by atoms with Crippen LogP contribution in [0, 0.1) is 17.2 Å². The highest BCUT2D eigenvalue weighted by Crippen LogP contribution is 2.24. The zero-order chi connectivity index (χ0) is 15.1. The predicted molar refractivity (Wildman–Crippen MR) is 83.5 cm³/mol. The van der Waals surface area contributed by atoms with Crippen molar-refractivity contribution < 1.29 is 4.79 Å². The highest BCUT2D eigenvalue weighted by molar-refractivity contribution is 5.81. The van der Waals surface area contributed by atoms with Gasteiger partial charge in [-0.3, -0.25) is 4.79 Å². The highest BCUT2D eigenvalue weighted by atomic mass is 16.2. The zero-order valence-corrected chi connectivity index (χ0v) is 12.8. The van der Waals surface area contributed by atoms with Crippen LogP contribution >= 0.6 is 0 Å². The molecule has 0 aliphatic heterocycles. The van der Waals surface area contributed by atoms with Gasteiger partial charge in [0.2, 0.25) is 5.91 Å². The summed E-state index contributed by atoms with van der Waals surface area (Å²) in [5.41, 5.74) is 1.05. The van der Waals surface area contributed by atoms with Crippen molar-refractivity contribution in [3.63, 3.8) is 0 Å². The minimum atomic E-state index is -0.561. The summed E-state index contributed by atoms with van der Waals surface area (Å²) in [6.45, 7) is 2.72. The second-order valence-electron chi connectivity index (χ2n) is 5.79. The van der Waals surface area contributed by atoms with Crippen LogP contribution in [0.5, 0.6) is 0 Å². The Morgan fingerprint density at radius 1 is 1.29 bits per heavy atom. The summed E-state index contributed by atoms with van der Waals surface area (Å²) < 4.78 is 0. The van der Waals surface area contributed by atoms with Crippen molar-refractivity contribution in [1.82, 2.24) is 4.90 Å². The lowest BCUT2D eigenvalue weighted by molar-refractivity contribution is -0.136. The van der Waals surface area contributed by atoms with Crippen LogP contribution in [0.15, 0.2) is 30.3 Å². The Bertz CT molecular complexity index is 486. The van der Waals surface area contributed by atoms with Crippen LogP contribution in [0.1, 0.15) is 44.6 Å². The molecule has 1 saturated carbocycles. The van der Waals surface area contributed by atoms with Gasteiger partial charge in [-0.2, -0.15) is 5.26 Å². The minimum Gasteiger partial charge on any atom is -0.339 e. The van der Waals surface area contributed by atoms with Gasteiger partial charge in [-0.1, -0.05) is 49.6 Å². The molecule has 0 saturated heterocycles. The van der Waals surface area contributed by atoms with Crippen molar-refractivity contribution in [2.24, 2.45) is 5.92 Å². The summed E-state index contributed by atoms with van der Waals surface area (Å²) in [6.07, 6.45) is 6.36. The number of hydrogen-bond donors (Lipinski definition) is 0. The number of hydrogen-bond acceptors (Lipinski definition) is 2. The van der Waals surface area contributed by atoms with Crippen LogP contribution < -0.4 is 0 Å². The molecule has 0 bridgehead atoms. The summed E-state index contributed by atoms with van der Waals surface area (Å²) in [4.78, 5) is 14.7. The molecule has 1 aromatic rings. The van der Waals surface area contributed by atoms with E-state index in [9.17, 15) is 10.1 Å². The molecular weight excluding hydrogens is 260 g/mol. The number of nitriles is 1. The Kier molecular flexibility index (Phi) is 5.80. The monoisotopic (exact) mass is 284 g/mol. The van der Waals surface area contributed by atoms with Crippen molar-refractivity contribution >= 4 is 5.91 Å². The molecule has 1 amide bonds. The number of amides is 1. The minimum absolute atomic E-state index is 0.00996. The van der Waals surface area contributed by atoms with E-state index >= 15 is 0 Å². The maximum absolute atomic E-state index is 12.7. The van der Waals surface area contributed by atoms with Gasteiger partial charge >= 0.3 is 0 Å². The third-order valence-electron chi connectivity index (χ3n) is 4.38. The Hall–Kier alpha value is -1.82. The van der Waals surface area contributed by atoms with Gasteiger partial charge in [0.05, 0.1) is 6.07 Å². The Balaban J connectivity index is 2.05. The van der Waals surface area contributed by atoms with E-state index in [1.165, 1.54) is 19.3 Å². The van der Waals surface area contributed by atoms with Crippen LogP contribution in [-0.4, -0.2) is 23.4 Å². The van der Waals surface area contributed by atoms with Crippen molar-refractivity contribution in [1.29, 1.82) is 5.26 Å². The van der Waals surface area contributed by atoms with Gasteiger partial charge in [-0.05, 0) is 31.7 Å². The van der Waals surface area contributed by atoms with Crippen LogP contribution in [0.4, 0.5) is 0 Å². The second kappa shape index (κ2) is 7.83. The molecule has 2 rings (SSSR count). The first-order valence-electron chi connectivity index (χ1n) is 8.00. The molecular formula is C18H24N2O. The fraction of sp³-hybridized carbons (Fsp3) is 0.556. The number of carbonyl (C=O) groups excluding carboxylic acids is 1. The average Bonchev–Trinajstić information content (AvgIpc) is 2.55. The van der Waals surface area contributed by atoms with Crippen LogP contribution in [0.2, 0.25) is 0 Å². The Labute approximate surface area is 127 Å². The van der Waals surface area contributed by atoms with E-state index < -0.39 is 5.92 Å². The zero-order valence-electron chi connectivity index (χ0n) is 12.8. The Morgan fingerprint density at radius 3 is 2.52 bits per heavy atom. The second-order valence-corrected chi connectivity index (χ2v) is 5.79. The van der Waals surface area contributed by atoms with Gasteiger partial charge in [-0.15, -0.1) is 0 Å². The number of benzene rings is 1. The molecule has 112 valence electrons. The van der Waals surface area contributed by atoms with Gasteiger partial charge in [0.25, 0.3) is 0 Å². The first-order valence-corrected chi connectivity index (χ1v) is 8.00. The molecule has 3 nitrogen and oxygen atoms in total. The molecule has 0 radical (unpaired) electrons. The number of carbonyl (C=O) groups is 1. The van der Waals surface area contributed by atoms with Crippen molar-refractivity contribution in [2.75, 3.05) is 6.54 Å². The third-order valence-corrected chi connectivity index (χ3v) is 4.38. The largest absolute Gasteiger partial charge is 0.339 e. The standard InChI is InChI=1S/C18H24N2O/c1-2-20(17-11-7-4-8-12-17)18(21)16(14-19)13-15-9-5-3-6-10-15/h3,5-6,9-10,16-17H,2,4,7-8,11-13H2,1H3. The van der Waals surface area contributed by atoms with Crippen LogP contribution in [0.25, 0.3) is 0 Å². The molecule has 1 aromatic carbocycles. The molecule has 1 atom stereocenters. The molecule has 0 N–H and O–H groups in total. The van der Waals surface area contributed by atoms with Gasteiger partial charge < -0.3 is 4.90 Å². The van der Waals surface area contributed by atoms with E-state index in [2.05, 4.69) is 6.07 Å². The summed E-state index contributed by atoms with van der Waals surface area (Å²) in [6, 6.07) is 12.4. The van der Waals surface area contributed by atoms with Gasteiger partial charge in [-0.25, -0.2) is 0 Å². The van der Waals surface area contributed by atoms with E-state index in [1.807, 2.05) is 42.2 Å². The van der Waals surface area contributed by atoms with Crippen molar-refractivity contribution in [2.45, 2.75) is 51.5 Å². The predicted octanol–water partition coefficient (Wildman–Crippen LogP) is 3.55. The highest BCUT2D eigenvalue weighted by Gasteiger charge is 2.29. The van der Waals surface area contributed by atoms with E-state index in [4.69, 9.17) is 0 Å². The maximum atomic E-state index is 12.7. The topological polar surface area (TPSA) is 44.1 Å². The number of nitrogens with zero attached hydrogens (tertiary/aromatic N) is 2. The number of rotatable bonds is 5. The molecule has 1 aliphatic rings. The average molecular weight is 284 g/mol. The van der Waals surface area contributed by atoms with Crippen LogP contribution in [0.3, 0.4) is 0 Å². The molecule has 0 aromatic heterocycles. The van der Waals surface area contributed by atoms with Crippen molar-refractivity contribution in [3.8, 4) is 6.07 Å². The fourth-order valence-electron chi connectivity index (χ4n) is 3.22. The first kappa shape index (κ1) is 15.6. The summed E-state index contributed by atoms with van der Waals surface area (Å²) in [7, 11) is 0. The van der Waals surface area contributed by atoms with E-state index in [1.54, 1.807) is 0 Å². The smallest absolute Gasteiger partial charge is 0.240 e. The fourth-order valence-corrected chi connectivity index (χ4v) is 3.22. The van der Waals surface area contributed by atoms with Gasteiger partial charge in [0.15, 0.2) is 0 Å². The van der Waals surface area contributed by atoms with Crippen molar-refractivity contribution in [3.05, 3.63) is 35.9 Å². The normalized spacial score (nSPS) is 17.0. The first-order chi connectivity index (χ1) is 10.3. The molecule has 0 heterocycles. The summed E-state index contributed by atoms with van der Waals surface area (Å²) in [5, 5.41) is 9.40. The van der Waals surface area contributed by atoms with E-state index in [0.29, 0.717) is 19.0 Å². The van der Waals surface area contributed by atoms with E-state index in [-0.39, 0.29) is 5.91 Å². The maximum Gasteiger partial charge on any atom is 0.240 e.